The average Bonchev–Trinajstić information content (AvgIpc) is 2.87. The molecule has 0 saturated carbocycles. The van der Waals surface area contributed by atoms with Gasteiger partial charge >= 0.3 is 5.97 Å². The standard InChI is InChI=1S/C20H33NO5/c1-14(2)8-11-25-17(5)20(23)26-13-19(22)18-12-15(3)21(16(18)4)9-7-10-24-6/h12,14,17H,7-11,13H2,1-6H3. The number of rotatable bonds is 12. The molecule has 1 aromatic rings. The van der Waals surface area contributed by atoms with Gasteiger partial charge in [-0.15, -0.1) is 0 Å². The van der Waals surface area contributed by atoms with Gasteiger partial charge < -0.3 is 18.8 Å². The fraction of sp³-hybridized carbons (Fsp3) is 0.700. The molecule has 1 heterocycles. The maximum absolute atomic E-state index is 12.4. The number of hydrogen-bond acceptors (Lipinski definition) is 5. The lowest BCUT2D eigenvalue weighted by molar-refractivity contribution is -0.155. The molecule has 0 bridgehead atoms. The van der Waals surface area contributed by atoms with E-state index in [1.165, 1.54) is 0 Å². The molecule has 6 nitrogen and oxygen atoms in total. The highest BCUT2D eigenvalue weighted by molar-refractivity contribution is 5.99. The van der Waals surface area contributed by atoms with Crippen molar-refractivity contribution >= 4 is 11.8 Å². The number of nitrogens with zero attached hydrogens (tertiary/aromatic N) is 1. The number of esters is 1. The minimum atomic E-state index is -0.664. The van der Waals surface area contributed by atoms with Crippen molar-refractivity contribution in [1.29, 1.82) is 0 Å². The first-order chi connectivity index (χ1) is 12.3. The Bertz CT molecular complexity index is 591. The third kappa shape index (κ3) is 6.92. The predicted molar refractivity (Wildman–Crippen MR) is 101 cm³/mol. The van der Waals surface area contributed by atoms with E-state index in [1.54, 1.807) is 14.0 Å². The Morgan fingerprint density at radius 3 is 2.46 bits per heavy atom. The predicted octanol–water partition coefficient (Wildman–Crippen LogP) is 3.32. The van der Waals surface area contributed by atoms with Crippen molar-refractivity contribution in [3.8, 4) is 0 Å². The van der Waals surface area contributed by atoms with Gasteiger partial charge in [0.1, 0.15) is 0 Å². The van der Waals surface area contributed by atoms with Crippen LogP contribution in [0.25, 0.3) is 0 Å². The number of ether oxygens (including phenoxy) is 3. The molecule has 0 aromatic carbocycles. The molecule has 0 aliphatic carbocycles. The minimum Gasteiger partial charge on any atom is -0.455 e. The van der Waals surface area contributed by atoms with Gasteiger partial charge in [-0.05, 0) is 45.6 Å². The number of hydrogen-bond donors (Lipinski definition) is 0. The number of methoxy groups -OCH3 is 1. The highest BCUT2D eigenvalue weighted by atomic mass is 16.6. The van der Waals surface area contributed by atoms with Gasteiger partial charge in [0.25, 0.3) is 0 Å². The van der Waals surface area contributed by atoms with Crippen LogP contribution in [-0.2, 0) is 25.5 Å². The summed E-state index contributed by atoms with van der Waals surface area (Å²) >= 11 is 0. The molecular weight excluding hydrogens is 334 g/mol. The van der Waals surface area contributed by atoms with Crippen LogP contribution in [0, 0.1) is 19.8 Å². The van der Waals surface area contributed by atoms with Crippen molar-refractivity contribution in [2.45, 2.75) is 60.1 Å². The van der Waals surface area contributed by atoms with Gasteiger partial charge in [0.2, 0.25) is 5.78 Å². The van der Waals surface area contributed by atoms with E-state index in [9.17, 15) is 9.59 Å². The second-order valence-corrected chi connectivity index (χ2v) is 7.01. The van der Waals surface area contributed by atoms with Crippen molar-refractivity contribution in [1.82, 2.24) is 4.57 Å². The summed E-state index contributed by atoms with van der Waals surface area (Å²) < 4.78 is 17.8. The van der Waals surface area contributed by atoms with E-state index in [1.807, 2.05) is 19.9 Å². The largest absolute Gasteiger partial charge is 0.455 e. The van der Waals surface area contributed by atoms with E-state index in [0.717, 1.165) is 30.8 Å². The van der Waals surface area contributed by atoms with Gasteiger partial charge in [-0.3, -0.25) is 4.79 Å². The maximum Gasteiger partial charge on any atom is 0.335 e. The summed E-state index contributed by atoms with van der Waals surface area (Å²) in [5.74, 6) is -0.186. The van der Waals surface area contributed by atoms with Crippen molar-refractivity contribution in [3.05, 3.63) is 23.0 Å². The molecule has 0 aliphatic rings. The SMILES string of the molecule is COCCCn1c(C)cc(C(=O)COC(=O)C(C)OCCC(C)C)c1C. The van der Waals surface area contributed by atoms with Crippen LogP contribution in [0.1, 0.15) is 55.4 Å². The van der Waals surface area contributed by atoms with Crippen LogP contribution in [0.15, 0.2) is 6.07 Å². The Morgan fingerprint density at radius 2 is 1.85 bits per heavy atom. The number of carbonyl (C=O) groups is 2. The molecule has 0 amide bonds. The normalized spacial score (nSPS) is 12.4. The molecule has 0 fully saturated rings. The summed E-state index contributed by atoms with van der Waals surface area (Å²) in [5.41, 5.74) is 2.50. The highest BCUT2D eigenvalue weighted by Gasteiger charge is 2.20. The van der Waals surface area contributed by atoms with Crippen LogP contribution in [0.2, 0.25) is 0 Å². The van der Waals surface area contributed by atoms with E-state index < -0.39 is 12.1 Å². The summed E-state index contributed by atoms with van der Waals surface area (Å²) in [6.45, 7) is 11.4. The Morgan fingerprint density at radius 1 is 1.15 bits per heavy atom. The lowest BCUT2D eigenvalue weighted by Crippen LogP contribution is -2.26. The zero-order valence-corrected chi connectivity index (χ0v) is 17.0. The van der Waals surface area contributed by atoms with E-state index in [4.69, 9.17) is 14.2 Å². The molecule has 1 unspecified atom stereocenters. The fourth-order valence-electron chi connectivity index (χ4n) is 2.67. The Hall–Kier alpha value is -1.66. The smallest absolute Gasteiger partial charge is 0.335 e. The third-order valence-corrected chi connectivity index (χ3v) is 4.34. The number of aryl methyl sites for hydroxylation is 1. The molecule has 1 atom stereocenters. The van der Waals surface area contributed by atoms with Crippen LogP contribution >= 0.6 is 0 Å². The number of ketones is 1. The summed E-state index contributed by atoms with van der Waals surface area (Å²) in [6, 6.07) is 1.85. The second kappa shape index (κ2) is 11.1. The van der Waals surface area contributed by atoms with E-state index in [-0.39, 0.29) is 12.4 Å². The Kier molecular flexibility index (Phi) is 9.59. The minimum absolute atomic E-state index is 0.196. The average molecular weight is 367 g/mol. The second-order valence-electron chi connectivity index (χ2n) is 7.01. The monoisotopic (exact) mass is 367 g/mol. The van der Waals surface area contributed by atoms with Crippen LogP contribution in [-0.4, -0.2) is 49.4 Å². The van der Waals surface area contributed by atoms with Crippen LogP contribution in [0.5, 0.6) is 0 Å². The molecule has 26 heavy (non-hydrogen) atoms. The third-order valence-electron chi connectivity index (χ3n) is 4.34. The summed E-state index contributed by atoms with van der Waals surface area (Å²) in [4.78, 5) is 24.4. The van der Waals surface area contributed by atoms with Gasteiger partial charge in [-0.2, -0.15) is 0 Å². The van der Waals surface area contributed by atoms with Crippen molar-refractivity contribution < 1.29 is 23.8 Å². The van der Waals surface area contributed by atoms with Gasteiger partial charge in [-0.1, -0.05) is 13.8 Å². The van der Waals surface area contributed by atoms with Gasteiger partial charge in [-0.25, -0.2) is 4.79 Å². The van der Waals surface area contributed by atoms with E-state index in [2.05, 4.69) is 18.4 Å². The van der Waals surface area contributed by atoms with Crippen molar-refractivity contribution in [2.24, 2.45) is 5.92 Å². The lowest BCUT2D eigenvalue weighted by atomic mass is 10.1. The fourth-order valence-corrected chi connectivity index (χ4v) is 2.67. The summed E-state index contributed by atoms with van der Waals surface area (Å²) in [6.07, 6.45) is 1.09. The molecule has 0 N–H and O–H groups in total. The molecule has 0 spiro atoms. The summed E-state index contributed by atoms with van der Waals surface area (Å²) in [5, 5.41) is 0. The van der Waals surface area contributed by atoms with E-state index in [0.29, 0.717) is 24.7 Å². The van der Waals surface area contributed by atoms with Gasteiger partial charge in [0.15, 0.2) is 12.7 Å². The topological polar surface area (TPSA) is 66.8 Å². The molecule has 148 valence electrons. The lowest BCUT2D eigenvalue weighted by Gasteiger charge is -2.13. The van der Waals surface area contributed by atoms with Gasteiger partial charge in [0, 0.05) is 43.8 Å². The first-order valence-electron chi connectivity index (χ1n) is 9.25. The first-order valence-corrected chi connectivity index (χ1v) is 9.25. The Labute approximate surface area is 156 Å². The summed E-state index contributed by atoms with van der Waals surface area (Å²) in [7, 11) is 1.67. The van der Waals surface area contributed by atoms with E-state index >= 15 is 0 Å². The molecular formula is C20H33NO5. The van der Waals surface area contributed by atoms with Crippen molar-refractivity contribution in [2.75, 3.05) is 26.9 Å². The van der Waals surface area contributed by atoms with Crippen LogP contribution in [0.3, 0.4) is 0 Å². The maximum atomic E-state index is 12.4. The van der Waals surface area contributed by atoms with Crippen LogP contribution in [0.4, 0.5) is 0 Å². The number of carbonyl (C=O) groups excluding carboxylic acids is 2. The first kappa shape index (κ1) is 22.4. The molecule has 0 saturated heterocycles. The molecule has 1 rings (SSSR count). The number of Topliss-reactive ketones (excluding diaryl/α,β-unsaturated/α-hetero) is 1. The van der Waals surface area contributed by atoms with Gasteiger partial charge in [0.05, 0.1) is 0 Å². The van der Waals surface area contributed by atoms with Crippen molar-refractivity contribution in [3.63, 3.8) is 0 Å². The zero-order chi connectivity index (χ0) is 19.7. The number of aromatic nitrogens is 1. The molecule has 6 heteroatoms. The van der Waals surface area contributed by atoms with Crippen LogP contribution < -0.4 is 0 Å². The molecule has 0 radical (unpaired) electrons. The zero-order valence-electron chi connectivity index (χ0n) is 17.0. The molecule has 0 aliphatic heterocycles. The molecule has 1 aromatic heterocycles. The quantitative estimate of drug-likeness (QED) is 0.322. The highest BCUT2D eigenvalue weighted by Crippen LogP contribution is 2.16. The Balaban J connectivity index is 2.54.